The number of nitrogens with zero attached hydrogens (tertiary/aromatic N) is 1. The van der Waals surface area contributed by atoms with Gasteiger partial charge in [0.25, 0.3) is 0 Å². The fraction of sp³-hybridized carbons (Fsp3) is 0.909. The monoisotopic (exact) mass is 168 g/mol. The normalized spacial score (nSPS) is 29.4. The van der Waals surface area contributed by atoms with Crippen LogP contribution in [0, 0.1) is 5.41 Å². The summed E-state index contributed by atoms with van der Waals surface area (Å²) in [4.78, 5) is 0. The van der Waals surface area contributed by atoms with Crippen LogP contribution in [-0.4, -0.2) is 24.4 Å². The van der Waals surface area contributed by atoms with Crippen LogP contribution in [0.1, 0.15) is 46.0 Å². The van der Waals surface area contributed by atoms with Crippen molar-refractivity contribution >= 4 is 6.21 Å². The van der Waals surface area contributed by atoms with Gasteiger partial charge in [-0.15, -0.1) is 0 Å². The summed E-state index contributed by atoms with van der Waals surface area (Å²) >= 11 is 0. The third-order valence-corrected chi connectivity index (χ3v) is 2.82. The molecule has 0 radical (unpaired) electrons. The Morgan fingerprint density at radius 2 is 1.92 bits per heavy atom. The van der Waals surface area contributed by atoms with E-state index < -0.39 is 0 Å². The molecule has 1 rings (SSSR count). The standard InChI is InChI=1S/C11H22N/c1-11(2)7-5-4-6-9-12(3)10-8-11/h10H,4-9H2,1-3H3/q+1/b12-10-. The highest BCUT2D eigenvalue weighted by Crippen LogP contribution is 2.27. The summed E-state index contributed by atoms with van der Waals surface area (Å²) in [6.07, 6.45) is 9.17. The predicted molar refractivity (Wildman–Crippen MR) is 54.0 cm³/mol. The minimum atomic E-state index is 0.526. The lowest BCUT2D eigenvalue weighted by Gasteiger charge is -2.20. The van der Waals surface area contributed by atoms with E-state index in [9.17, 15) is 0 Å². The first-order valence-electron chi connectivity index (χ1n) is 5.14. The quantitative estimate of drug-likeness (QED) is 0.489. The Bertz CT molecular complexity index is 168. The van der Waals surface area contributed by atoms with Gasteiger partial charge in [-0.3, -0.25) is 0 Å². The zero-order valence-electron chi connectivity index (χ0n) is 8.77. The molecule has 0 spiro atoms. The summed E-state index contributed by atoms with van der Waals surface area (Å²) in [6, 6.07) is 0. The van der Waals surface area contributed by atoms with E-state index in [1.54, 1.807) is 0 Å². The molecule has 0 unspecified atom stereocenters. The average Bonchev–Trinajstić information content (AvgIpc) is 2.05. The highest BCUT2D eigenvalue weighted by molar-refractivity contribution is 5.52. The maximum atomic E-state index is 2.38. The summed E-state index contributed by atoms with van der Waals surface area (Å²) in [5.41, 5.74) is 0.526. The predicted octanol–water partition coefficient (Wildman–Crippen LogP) is 2.69. The second kappa shape index (κ2) is 4.06. The zero-order valence-corrected chi connectivity index (χ0v) is 8.77. The molecule has 0 saturated carbocycles. The third kappa shape index (κ3) is 3.38. The molecule has 1 heterocycles. The van der Waals surface area contributed by atoms with E-state index in [2.05, 4.69) is 31.7 Å². The van der Waals surface area contributed by atoms with Crippen molar-refractivity contribution in [1.29, 1.82) is 0 Å². The second-order valence-electron chi connectivity index (χ2n) is 4.84. The smallest absolute Gasteiger partial charge is 0.142 e. The molecule has 0 aromatic heterocycles. The average molecular weight is 168 g/mol. The molecular weight excluding hydrogens is 146 g/mol. The van der Waals surface area contributed by atoms with Crippen LogP contribution in [0.4, 0.5) is 0 Å². The summed E-state index contributed by atoms with van der Waals surface area (Å²) in [7, 11) is 2.20. The lowest BCUT2D eigenvalue weighted by molar-refractivity contribution is -0.494. The molecule has 0 atom stereocenters. The van der Waals surface area contributed by atoms with Crippen LogP contribution < -0.4 is 0 Å². The van der Waals surface area contributed by atoms with Crippen molar-refractivity contribution in [3.63, 3.8) is 0 Å². The second-order valence-corrected chi connectivity index (χ2v) is 4.84. The molecule has 1 aliphatic rings. The minimum Gasteiger partial charge on any atom is -0.242 e. The van der Waals surface area contributed by atoms with Gasteiger partial charge in [-0.25, -0.2) is 4.58 Å². The van der Waals surface area contributed by atoms with E-state index in [0.29, 0.717) is 5.41 Å². The molecule has 0 saturated heterocycles. The van der Waals surface area contributed by atoms with Crippen LogP contribution in [0.15, 0.2) is 0 Å². The van der Waals surface area contributed by atoms with Crippen LogP contribution in [0.2, 0.25) is 0 Å². The van der Waals surface area contributed by atoms with Crippen molar-refractivity contribution in [2.75, 3.05) is 13.6 Å². The molecule has 0 amide bonds. The molecule has 0 fully saturated rings. The molecule has 0 N–H and O–H groups in total. The summed E-state index contributed by atoms with van der Waals surface area (Å²) in [5, 5.41) is 0. The summed E-state index contributed by atoms with van der Waals surface area (Å²) in [6.45, 7) is 6.00. The fourth-order valence-corrected chi connectivity index (χ4v) is 1.74. The summed E-state index contributed by atoms with van der Waals surface area (Å²) < 4.78 is 2.35. The molecule has 1 heteroatoms. The van der Waals surface area contributed by atoms with Gasteiger partial charge in [0.15, 0.2) is 0 Å². The maximum Gasteiger partial charge on any atom is 0.142 e. The molecule has 70 valence electrons. The first-order chi connectivity index (χ1) is 5.60. The Morgan fingerprint density at radius 1 is 1.17 bits per heavy atom. The van der Waals surface area contributed by atoms with E-state index in [0.717, 1.165) is 0 Å². The van der Waals surface area contributed by atoms with Gasteiger partial charge in [0.1, 0.15) is 19.8 Å². The van der Waals surface area contributed by atoms with Crippen LogP contribution in [0.25, 0.3) is 0 Å². The lowest BCUT2D eigenvalue weighted by atomic mass is 9.84. The Labute approximate surface area is 76.5 Å². The molecular formula is C11H22N+. The Balaban J connectivity index is 2.55. The van der Waals surface area contributed by atoms with Gasteiger partial charge in [0.2, 0.25) is 0 Å². The van der Waals surface area contributed by atoms with Crippen molar-refractivity contribution < 1.29 is 4.58 Å². The van der Waals surface area contributed by atoms with E-state index in [4.69, 9.17) is 0 Å². The van der Waals surface area contributed by atoms with E-state index in [1.165, 1.54) is 38.6 Å². The van der Waals surface area contributed by atoms with Gasteiger partial charge < -0.3 is 0 Å². The Kier molecular flexibility index (Phi) is 3.30. The van der Waals surface area contributed by atoms with Gasteiger partial charge in [-0.05, 0) is 18.3 Å². The van der Waals surface area contributed by atoms with Crippen LogP contribution >= 0.6 is 0 Å². The zero-order chi connectivity index (χ0) is 9.03. The maximum absolute atomic E-state index is 2.38. The van der Waals surface area contributed by atoms with E-state index in [-0.39, 0.29) is 0 Å². The topological polar surface area (TPSA) is 3.01 Å². The molecule has 0 aromatic carbocycles. The fourth-order valence-electron chi connectivity index (χ4n) is 1.74. The molecule has 0 aliphatic carbocycles. The Morgan fingerprint density at radius 3 is 2.67 bits per heavy atom. The first-order valence-corrected chi connectivity index (χ1v) is 5.14. The van der Waals surface area contributed by atoms with Crippen molar-refractivity contribution in [3.05, 3.63) is 0 Å². The minimum absolute atomic E-state index is 0.526. The van der Waals surface area contributed by atoms with Crippen LogP contribution in [0.3, 0.4) is 0 Å². The van der Waals surface area contributed by atoms with E-state index in [1.807, 2.05) is 0 Å². The molecule has 0 aromatic rings. The van der Waals surface area contributed by atoms with Crippen molar-refractivity contribution in [2.45, 2.75) is 46.0 Å². The molecule has 1 nitrogen and oxygen atoms in total. The van der Waals surface area contributed by atoms with Crippen molar-refractivity contribution in [2.24, 2.45) is 5.41 Å². The lowest BCUT2D eigenvalue weighted by Crippen LogP contribution is -2.15. The van der Waals surface area contributed by atoms with Crippen molar-refractivity contribution in [1.82, 2.24) is 0 Å². The highest BCUT2D eigenvalue weighted by atomic mass is 14.9. The Hall–Kier alpha value is -0.330. The van der Waals surface area contributed by atoms with E-state index >= 15 is 0 Å². The van der Waals surface area contributed by atoms with Gasteiger partial charge in [0.05, 0.1) is 0 Å². The largest absolute Gasteiger partial charge is 0.242 e. The number of hydrogen-bond acceptors (Lipinski definition) is 0. The summed E-state index contributed by atoms with van der Waals surface area (Å²) in [5.74, 6) is 0. The SMILES string of the molecule is C/[N+]1=C/CC(C)(C)CCCCC1. The highest BCUT2D eigenvalue weighted by Gasteiger charge is 2.18. The molecule has 0 bridgehead atoms. The van der Waals surface area contributed by atoms with Gasteiger partial charge in [0, 0.05) is 12.8 Å². The van der Waals surface area contributed by atoms with Crippen LogP contribution in [-0.2, 0) is 0 Å². The first kappa shape index (κ1) is 9.76. The van der Waals surface area contributed by atoms with Crippen LogP contribution in [0.5, 0.6) is 0 Å². The third-order valence-electron chi connectivity index (χ3n) is 2.82. The molecule has 12 heavy (non-hydrogen) atoms. The van der Waals surface area contributed by atoms with Gasteiger partial charge >= 0.3 is 0 Å². The number of rotatable bonds is 0. The van der Waals surface area contributed by atoms with Crippen molar-refractivity contribution in [3.8, 4) is 0 Å². The van der Waals surface area contributed by atoms with Gasteiger partial charge in [-0.1, -0.05) is 20.3 Å². The van der Waals surface area contributed by atoms with Gasteiger partial charge in [-0.2, -0.15) is 0 Å². The number of hydrogen-bond donors (Lipinski definition) is 0. The molecule has 1 aliphatic heterocycles.